The Labute approximate surface area is 105 Å². The summed E-state index contributed by atoms with van der Waals surface area (Å²) in [6, 6.07) is 6.81. The van der Waals surface area contributed by atoms with Gasteiger partial charge in [-0.2, -0.15) is 12.6 Å². The summed E-state index contributed by atoms with van der Waals surface area (Å²) in [6.45, 7) is 4.39. The Morgan fingerprint density at radius 1 is 1.00 bits per heavy atom. The summed E-state index contributed by atoms with van der Waals surface area (Å²) in [5.41, 5.74) is 4.23. The van der Waals surface area contributed by atoms with Crippen LogP contribution in [0.4, 0.5) is 0 Å². The van der Waals surface area contributed by atoms with E-state index in [4.69, 9.17) is 12.6 Å². The average Bonchev–Trinajstić information content (AvgIpc) is 2.43. The maximum Gasteiger partial charge on any atom is 0.0380 e. The summed E-state index contributed by atoms with van der Waals surface area (Å²) in [4.78, 5) is 0. The Hall–Kier alpha value is -0.430. The molecule has 0 radical (unpaired) electrons. The van der Waals surface area contributed by atoms with E-state index < -0.39 is 0 Å². The van der Waals surface area contributed by atoms with Crippen LogP contribution >= 0.6 is 12.6 Å². The highest BCUT2D eigenvalue weighted by Gasteiger charge is 2.29. The molecule has 0 saturated heterocycles. The van der Waals surface area contributed by atoms with Gasteiger partial charge in [0.25, 0.3) is 0 Å². The number of aryl methyl sites for hydroxylation is 2. The van der Waals surface area contributed by atoms with E-state index in [1.807, 2.05) is 0 Å². The zero-order valence-corrected chi connectivity index (χ0v) is 11.3. The molecule has 1 saturated carbocycles. The number of hydrogen-bond donors (Lipinski definition) is 1. The minimum Gasteiger partial charge on any atom is -0.168 e. The predicted molar refractivity (Wildman–Crippen MR) is 74.3 cm³/mol. The predicted octanol–water partition coefficient (Wildman–Crippen LogP) is 4.78. The van der Waals surface area contributed by atoms with Gasteiger partial charge in [-0.15, -0.1) is 0 Å². The van der Waals surface area contributed by atoms with Crippen molar-refractivity contribution in [3.05, 3.63) is 34.9 Å². The smallest absolute Gasteiger partial charge is 0.0380 e. The van der Waals surface area contributed by atoms with E-state index in [0.29, 0.717) is 0 Å². The monoisotopic (exact) mass is 234 g/mol. The molecule has 1 heteroatoms. The van der Waals surface area contributed by atoms with Crippen molar-refractivity contribution in [3.63, 3.8) is 0 Å². The van der Waals surface area contributed by atoms with Crippen molar-refractivity contribution >= 4 is 12.6 Å². The van der Waals surface area contributed by atoms with Gasteiger partial charge in [0.1, 0.15) is 0 Å². The van der Waals surface area contributed by atoms with Crippen molar-refractivity contribution in [2.75, 3.05) is 0 Å². The quantitative estimate of drug-likeness (QED) is 0.524. The van der Waals surface area contributed by atoms with Crippen LogP contribution in [0, 0.1) is 13.8 Å². The zero-order valence-electron chi connectivity index (χ0n) is 10.4. The maximum absolute atomic E-state index is 5.01. The molecular weight excluding hydrogens is 212 g/mol. The lowest BCUT2D eigenvalue weighted by atomic mass is 9.87. The lowest BCUT2D eigenvalue weighted by Crippen LogP contribution is -2.19. The number of thiol groups is 1. The zero-order chi connectivity index (χ0) is 11.6. The van der Waals surface area contributed by atoms with Crippen molar-refractivity contribution in [1.82, 2.24) is 0 Å². The molecule has 88 valence electrons. The van der Waals surface area contributed by atoms with E-state index in [2.05, 4.69) is 32.0 Å². The van der Waals surface area contributed by atoms with Gasteiger partial charge in [-0.05, 0) is 37.8 Å². The van der Waals surface area contributed by atoms with E-state index in [1.165, 1.54) is 55.2 Å². The third kappa shape index (κ3) is 2.45. The molecule has 1 aromatic rings. The van der Waals surface area contributed by atoms with Crippen LogP contribution in [0.15, 0.2) is 18.2 Å². The van der Waals surface area contributed by atoms with Crippen LogP contribution in [-0.2, 0) is 4.75 Å². The standard InChI is InChI=1S/C15H22S/c1-12-7-8-14(13(2)11-12)15(16)9-5-3-4-6-10-15/h7-8,11,16H,3-6,9-10H2,1-2H3. The highest BCUT2D eigenvalue weighted by atomic mass is 32.1. The van der Waals surface area contributed by atoms with Crippen LogP contribution in [0.25, 0.3) is 0 Å². The molecule has 0 aromatic heterocycles. The van der Waals surface area contributed by atoms with E-state index >= 15 is 0 Å². The largest absolute Gasteiger partial charge is 0.168 e. The lowest BCUT2D eigenvalue weighted by Gasteiger charge is -2.29. The number of hydrogen-bond acceptors (Lipinski definition) is 1. The molecule has 16 heavy (non-hydrogen) atoms. The Kier molecular flexibility index (Phi) is 3.63. The summed E-state index contributed by atoms with van der Waals surface area (Å²) >= 11 is 5.01. The first kappa shape index (κ1) is 12.0. The molecule has 1 aliphatic carbocycles. The van der Waals surface area contributed by atoms with E-state index in [1.54, 1.807) is 0 Å². The van der Waals surface area contributed by atoms with E-state index in [-0.39, 0.29) is 4.75 Å². The number of benzene rings is 1. The minimum absolute atomic E-state index is 0.133. The summed E-state index contributed by atoms with van der Waals surface area (Å²) < 4.78 is 0.133. The molecule has 0 spiro atoms. The first-order chi connectivity index (χ1) is 7.62. The van der Waals surface area contributed by atoms with Crippen molar-refractivity contribution in [1.29, 1.82) is 0 Å². The first-order valence-electron chi connectivity index (χ1n) is 6.42. The molecule has 1 aromatic carbocycles. The molecule has 0 aliphatic heterocycles. The van der Waals surface area contributed by atoms with Gasteiger partial charge in [-0.25, -0.2) is 0 Å². The van der Waals surface area contributed by atoms with Gasteiger partial charge in [-0.1, -0.05) is 49.4 Å². The number of rotatable bonds is 1. The molecule has 2 rings (SSSR count). The molecule has 0 bridgehead atoms. The third-order valence-corrected chi connectivity index (χ3v) is 4.50. The van der Waals surface area contributed by atoms with Gasteiger partial charge < -0.3 is 0 Å². The maximum atomic E-state index is 5.01. The van der Waals surface area contributed by atoms with Gasteiger partial charge in [0.2, 0.25) is 0 Å². The van der Waals surface area contributed by atoms with Crippen LogP contribution < -0.4 is 0 Å². The summed E-state index contributed by atoms with van der Waals surface area (Å²) in [6.07, 6.45) is 7.90. The van der Waals surface area contributed by atoms with Gasteiger partial charge in [-0.3, -0.25) is 0 Å². The van der Waals surface area contributed by atoms with Gasteiger partial charge in [0.05, 0.1) is 0 Å². The minimum atomic E-state index is 0.133. The molecule has 1 fully saturated rings. The second-order valence-electron chi connectivity index (χ2n) is 5.26. The topological polar surface area (TPSA) is 0 Å². The SMILES string of the molecule is Cc1ccc(C2(S)CCCCCC2)c(C)c1. The van der Waals surface area contributed by atoms with Gasteiger partial charge >= 0.3 is 0 Å². The molecule has 0 amide bonds. The molecule has 0 atom stereocenters. The molecule has 1 aliphatic rings. The molecule has 0 nitrogen and oxygen atoms in total. The van der Waals surface area contributed by atoms with E-state index in [0.717, 1.165) is 0 Å². The van der Waals surface area contributed by atoms with Crippen LogP contribution in [-0.4, -0.2) is 0 Å². The van der Waals surface area contributed by atoms with E-state index in [9.17, 15) is 0 Å². The average molecular weight is 234 g/mol. The van der Waals surface area contributed by atoms with Gasteiger partial charge in [0.15, 0.2) is 0 Å². The molecule has 0 unspecified atom stereocenters. The summed E-state index contributed by atoms with van der Waals surface area (Å²) in [5.74, 6) is 0. The second-order valence-corrected chi connectivity index (χ2v) is 6.12. The summed E-state index contributed by atoms with van der Waals surface area (Å²) in [7, 11) is 0. The third-order valence-electron chi connectivity index (χ3n) is 3.81. The highest BCUT2D eigenvalue weighted by Crippen LogP contribution is 2.42. The normalized spacial score (nSPS) is 20.4. The van der Waals surface area contributed by atoms with Gasteiger partial charge in [0, 0.05) is 4.75 Å². The Balaban J connectivity index is 2.33. The van der Waals surface area contributed by atoms with Crippen LogP contribution in [0.5, 0.6) is 0 Å². The van der Waals surface area contributed by atoms with Crippen LogP contribution in [0.2, 0.25) is 0 Å². The molecule has 0 N–H and O–H groups in total. The highest BCUT2D eigenvalue weighted by molar-refractivity contribution is 7.81. The van der Waals surface area contributed by atoms with Crippen LogP contribution in [0.3, 0.4) is 0 Å². The fourth-order valence-corrected chi connectivity index (χ4v) is 3.49. The Morgan fingerprint density at radius 3 is 2.19 bits per heavy atom. The lowest BCUT2D eigenvalue weighted by molar-refractivity contribution is 0.539. The summed E-state index contributed by atoms with van der Waals surface area (Å²) in [5, 5.41) is 0. The van der Waals surface area contributed by atoms with Crippen molar-refractivity contribution in [2.45, 2.75) is 57.1 Å². The van der Waals surface area contributed by atoms with Crippen molar-refractivity contribution < 1.29 is 0 Å². The first-order valence-corrected chi connectivity index (χ1v) is 6.87. The Morgan fingerprint density at radius 2 is 1.62 bits per heavy atom. The Bertz CT molecular complexity index is 360. The fraction of sp³-hybridized carbons (Fsp3) is 0.600. The molecular formula is C15H22S. The molecule has 0 heterocycles. The van der Waals surface area contributed by atoms with Crippen LogP contribution in [0.1, 0.15) is 55.2 Å². The van der Waals surface area contributed by atoms with Crippen molar-refractivity contribution in [2.24, 2.45) is 0 Å². The van der Waals surface area contributed by atoms with Crippen molar-refractivity contribution in [3.8, 4) is 0 Å². The second kappa shape index (κ2) is 4.83. The fourth-order valence-electron chi connectivity index (χ4n) is 2.92.